The number of hydrogen-bond donors (Lipinski definition) is 0. The molecule has 5 nitrogen and oxygen atoms in total. The minimum absolute atomic E-state index is 0.112. The van der Waals surface area contributed by atoms with Gasteiger partial charge in [0.1, 0.15) is 0 Å². The van der Waals surface area contributed by atoms with Gasteiger partial charge in [-0.2, -0.15) is 4.31 Å². The predicted molar refractivity (Wildman–Crippen MR) is 107 cm³/mol. The number of piperazine rings is 1. The van der Waals surface area contributed by atoms with Crippen LogP contribution in [0.3, 0.4) is 0 Å². The molecule has 0 aromatic heterocycles. The smallest absolute Gasteiger partial charge is 0.246 e. The number of carbonyl (C=O) groups excluding carboxylic acids is 1. The van der Waals surface area contributed by atoms with Crippen LogP contribution < -0.4 is 0 Å². The topological polar surface area (TPSA) is 57.7 Å². The number of sulfonamides is 1. The van der Waals surface area contributed by atoms with Gasteiger partial charge in [0, 0.05) is 37.3 Å². The Morgan fingerprint density at radius 3 is 2.15 bits per heavy atom. The molecule has 2 aromatic carbocycles. The number of carbonyl (C=O) groups is 1. The van der Waals surface area contributed by atoms with Crippen molar-refractivity contribution >= 4 is 33.6 Å². The lowest BCUT2D eigenvalue weighted by atomic mass is 10.1. The Kier molecular flexibility index (Phi) is 5.99. The van der Waals surface area contributed by atoms with Crippen molar-refractivity contribution in [3.05, 3.63) is 70.8 Å². The molecule has 0 saturated carbocycles. The third kappa shape index (κ3) is 4.77. The van der Waals surface area contributed by atoms with Crippen molar-refractivity contribution in [2.75, 3.05) is 26.2 Å². The van der Waals surface area contributed by atoms with Crippen LogP contribution in [0.4, 0.5) is 0 Å². The molecule has 1 aliphatic rings. The van der Waals surface area contributed by atoms with Gasteiger partial charge in [-0.3, -0.25) is 4.79 Å². The van der Waals surface area contributed by atoms with Crippen LogP contribution in [0, 0.1) is 6.92 Å². The maximum Gasteiger partial charge on any atom is 0.246 e. The number of benzene rings is 2. The van der Waals surface area contributed by atoms with E-state index in [0.717, 1.165) is 11.1 Å². The van der Waals surface area contributed by atoms with Crippen LogP contribution in [0.2, 0.25) is 5.02 Å². The zero-order valence-electron chi connectivity index (χ0n) is 15.0. The van der Waals surface area contributed by atoms with E-state index in [2.05, 4.69) is 0 Å². The molecule has 1 saturated heterocycles. The van der Waals surface area contributed by atoms with E-state index in [-0.39, 0.29) is 23.9 Å². The molecule has 3 rings (SSSR count). The zero-order valence-corrected chi connectivity index (χ0v) is 16.6. The molecule has 1 heterocycles. The van der Waals surface area contributed by atoms with Gasteiger partial charge in [-0.15, -0.1) is 0 Å². The van der Waals surface area contributed by atoms with Gasteiger partial charge < -0.3 is 4.90 Å². The first kappa shape index (κ1) is 19.6. The molecule has 0 unspecified atom stereocenters. The lowest BCUT2D eigenvalue weighted by Gasteiger charge is -2.33. The minimum Gasteiger partial charge on any atom is -0.337 e. The van der Waals surface area contributed by atoms with E-state index in [4.69, 9.17) is 11.6 Å². The van der Waals surface area contributed by atoms with E-state index in [9.17, 15) is 13.2 Å². The molecule has 142 valence electrons. The molecule has 7 heteroatoms. The molecule has 0 radical (unpaired) electrons. The molecular weight excluding hydrogens is 384 g/mol. The number of rotatable bonds is 4. The summed E-state index contributed by atoms with van der Waals surface area (Å²) in [6, 6.07) is 14.0. The quantitative estimate of drug-likeness (QED) is 0.735. The fourth-order valence-corrected chi connectivity index (χ4v) is 4.40. The molecule has 27 heavy (non-hydrogen) atoms. The van der Waals surface area contributed by atoms with Crippen molar-refractivity contribution in [3.63, 3.8) is 0 Å². The second-order valence-corrected chi connectivity index (χ2v) is 8.80. The van der Waals surface area contributed by atoms with Crippen molar-refractivity contribution < 1.29 is 13.2 Å². The monoisotopic (exact) mass is 404 g/mol. The second-order valence-electron chi connectivity index (χ2n) is 6.43. The van der Waals surface area contributed by atoms with E-state index >= 15 is 0 Å². The van der Waals surface area contributed by atoms with E-state index in [0.29, 0.717) is 18.1 Å². The summed E-state index contributed by atoms with van der Waals surface area (Å²) in [6.07, 6.45) is 3.31. The van der Waals surface area contributed by atoms with E-state index < -0.39 is 10.0 Å². The van der Waals surface area contributed by atoms with Crippen LogP contribution in [-0.4, -0.2) is 49.7 Å². The van der Waals surface area contributed by atoms with Crippen molar-refractivity contribution in [1.82, 2.24) is 9.21 Å². The Labute approximate surface area is 164 Å². The zero-order chi connectivity index (χ0) is 19.4. The molecular formula is C20H21ClN2O3S. The first-order valence-electron chi connectivity index (χ1n) is 8.66. The highest BCUT2D eigenvalue weighted by atomic mass is 35.5. The van der Waals surface area contributed by atoms with Gasteiger partial charge in [0.2, 0.25) is 15.9 Å². The molecule has 0 bridgehead atoms. The lowest BCUT2D eigenvalue weighted by molar-refractivity contribution is -0.127. The highest BCUT2D eigenvalue weighted by molar-refractivity contribution is 7.89. The summed E-state index contributed by atoms with van der Waals surface area (Å²) in [6.45, 7) is 3.29. The largest absolute Gasteiger partial charge is 0.337 e. The molecule has 1 fully saturated rings. The third-order valence-electron chi connectivity index (χ3n) is 4.50. The Balaban J connectivity index is 1.60. The number of amides is 1. The molecule has 1 amide bonds. The molecule has 0 spiro atoms. The van der Waals surface area contributed by atoms with Crippen LogP contribution in [0.1, 0.15) is 11.1 Å². The van der Waals surface area contributed by atoms with Gasteiger partial charge in [-0.05, 0) is 42.8 Å². The van der Waals surface area contributed by atoms with Crippen LogP contribution in [0.15, 0.2) is 59.5 Å². The van der Waals surface area contributed by atoms with Crippen LogP contribution in [-0.2, 0) is 14.8 Å². The molecule has 0 aliphatic carbocycles. The van der Waals surface area contributed by atoms with E-state index in [1.807, 2.05) is 31.2 Å². The maximum absolute atomic E-state index is 12.7. The Bertz CT molecular complexity index is 930. The van der Waals surface area contributed by atoms with Crippen LogP contribution in [0.25, 0.3) is 6.08 Å². The number of hydrogen-bond acceptors (Lipinski definition) is 3. The Hall–Kier alpha value is -2.15. The number of nitrogens with zero attached hydrogens (tertiary/aromatic N) is 2. The third-order valence-corrected chi connectivity index (χ3v) is 6.66. The average molecular weight is 405 g/mol. The molecule has 0 atom stereocenters. The van der Waals surface area contributed by atoms with Crippen LogP contribution in [0.5, 0.6) is 0 Å². The summed E-state index contributed by atoms with van der Waals surface area (Å²) in [5.74, 6) is -0.112. The van der Waals surface area contributed by atoms with Crippen molar-refractivity contribution in [2.45, 2.75) is 11.8 Å². The summed E-state index contributed by atoms with van der Waals surface area (Å²) in [5, 5.41) is 0.490. The fourth-order valence-electron chi connectivity index (χ4n) is 2.85. The summed E-state index contributed by atoms with van der Waals surface area (Å²) < 4.78 is 26.8. The SMILES string of the molecule is Cc1ccc(C=CC(=O)N2CCN(S(=O)(=O)c3ccc(Cl)cc3)CC2)cc1. The number of halogens is 1. The fraction of sp³-hybridized carbons (Fsp3) is 0.250. The summed E-state index contributed by atoms with van der Waals surface area (Å²) in [4.78, 5) is 14.2. The normalized spacial score (nSPS) is 16.0. The van der Waals surface area contributed by atoms with Crippen molar-refractivity contribution in [2.24, 2.45) is 0 Å². The van der Waals surface area contributed by atoms with Gasteiger partial charge >= 0.3 is 0 Å². The van der Waals surface area contributed by atoms with Gasteiger partial charge in [0.05, 0.1) is 4.90 Å². The van der Waals surface area contributed by atoms with Gasteiger partial charge in [0.15, 0.2) is 0 Å². The highest BCUT2D eigenvalue weighted by Gasteiger charge is 2.29. The Morgan fingerprint density at radius 2 is 1.56 bits per heavy atom. The van der Waals surface area contributed by atoms with E-state index in [1.165, 1.54) is 22.5 Å². The summed E-state index contributed by atoms with van der Waals surface area (Å²) in [7, 11) is -3.57. The first-order valence-corrected chi connectivity index (χ1v) is 10.5. The van der Waals surface area contributed by atoms with E-state index in [1.54, 1.807) is 23.1 Å². The van der Waals surface area contributed by atoms with Gasteiger partial charge in [0.25, 0.3) is 0 Å². The first-order chi connectivity index (χ1) is 12.9. The molecule has 2 aromatic rings. The van der Waals surface area contributed by atoms with Gasteiger partial charge in [-0.25, -0.2) is 8.42 Å². The highest BCUT2D eigenvalue weighted by Crippen LogP contribution is 2.20. The van der Waals surface area contributed by atoms with Crippen molar-refractivity contribution in [1.29, 1.82) is 0 Å². The maximum atomic E-state index is 12.7. The predicted octanol–water partition coefficient (Wildman–Crippen LogP) is 3.19. The average Bonchev–Trinajstić information content (AvgIpc) is 2.68. The Morgan fingerprint density at radius 1 is 0.963 bits per heavy atom. The molecule has 0 N–H and O–H groups in total. The minimum atomic E-state index is -3.57. The molecule has 1 aliphatic heterocycles. The standard InChI is InChI=1S/C20H21ClN2O3S/c1-16-2-4-17(5-3-16)6-11-20(24)22-12-14-23(15-13-22)27(25,26)19-9-7-18(21)8-10-19/h2-11H,12-15H2,1H3. The summed E-state index contributed by atoms with van der Waals surface area (Å²) >= 11 is 5.82. The number of aryl methyl sites for hydroxylation is 1. The van der Waals surface area contributed by atoms with Gasteiger partial charge in [-0.1, -0.05) is 41.4 Å². The second kappa shape index (κ2) is 8.25. The van der Waals surface area contributed by atoms with Crippen molar-refractivity contribution in [3.8, 4) is 0 Å². The van der Waals surface area contributed by atoms with Crippen LogP contribution >= 0.6 is 11.6 Å². The summed E-state index contributed by atoms with van der Waals surface area (Å²) in [5.41, 5.74) is 2.12. The lowest BCUT2D eigenvalue weighted by Crippen LogP contribution is -2.50.